The quantitative estimate of drug-likeness (QED) is 0.456. The van der Waals surface area contributed by atoms with Crippen molar-refractivity contribution in [3.63, 3.8) is 0 Å². The van der Waals surface area contributed by atoms with Crippen LogP contribution in [0.1, 0.15) is 50.4 Å². The number of hydrogen-bond acceptors (Lipinski definition) is 5. The molecule has 0 bridgehead atoms. The van der Waals surface area contributed by atoms with Crippen molar-refractivity contribution in [1.29, 1.82) is 0 Å². The number of alkyl halides is 3. The van der Waals surface area contributed by atoms with Gasteiger partial charge in [-0.3, -0.25) is 0 Å². The van der Waals surface area contributed by atoms with Crippen molar-refractivity contribution in [2.75, 3.05) is 13.1 Å². The summed E-state index contributed by atoms with van der Waals surface area (Å²) in [4.78, 5) is 12.3. The van der Waals surface area contributed by atoms with E-state index in [4.69, 9.17) is 4.98 Å². The predicted octanol–water partition coefficient (Wildman–Crippen LogP) is 3.17. The van der Waals surface area contributed by atoms with Gasteiger partial charge in [0.1, 0.15) is 17.0 Å². The van der Waals surface area contributed by atoms with Crippen molar-refractivity contribution in [3.05, 3.63) is 24.3 Å². The molecule has 2 fully saturated rings. The third-order valence-corrected chi connectivity index (χ3v) is 8.53. The summed E-state index contributed by atoms with van der Waals surface area (Å²) in [6, 6.07) is 1.86. The second-order valence-corrected chi connectivity index (χ2v) is 11.1. The van der Waals surface area contributed by atoms with Crippen LogP contribution in [0.2, 0.25) is 0 Å². The van der Waals surface area contributed by atoms with Crippen molar-refractivity contribution in [2.45, 2.75) is 68.5 Å². The van der Waals surface area contributed by atoms with Crippen molar-refractivity contribution in [3.8, 4) is 0 Å². The zero-order chi connectivity index (χ0) is 23.2. The van der Waals surface area contributed by atoms with E-state index in [9.17, 15) is 21.6 Å². The lowest BCUT2D eigenvalue weighted by atomic mass is 9.90. The fourth-order valence-corrected chi connectivity index (χ4v) is 6.19. The molecule has 0 spiro atoms. The van der Waals surface area contributed by atoms with Gasteiger partial charge in [-0.2, -0.15) is 13.2 Å². The first-order valence-corrected chi connectivity index (χ1v) is 12.9. The number of sulfonamides is 1. The normalized spacial score (nSPS) is 22.4. The Labute approximate surface area is 189 Å². The number of rotatable bonds is 8. The average molecular weight is 485 g/mol. The highest BCUT2D eigenvalue weighted by Gasteiger charge is 2.35. The summed E-state index contributed by atoms with van der Waals surface area (Å²) in [5.74, 6) is 0.769. The van der Waals surface area contributed by atoms with Crippen LogP contribution in [0.15, 0.2) is 18.5 Å². The summed E-state index contributed by atoms with van der Waals surface area (Å²) in [6.07, 6.45) is 3.85. The number of pyridine rings is 1. The van der Waals surface area contributed by atoms with E-state index < -0.39 is 22.7 Å². The third kappa shape index (κ3) is 4.87. The second-order valence-electron chi connectivity index (χ2n) is 9.02. The summed E-state index contributed by atoms with van der Waals surface area (Å²) in [5.41, 5.74) is 2.41. The highest BCUT2D eigenvalue weighted by Crippen LogP contribution is 2.35. The van der Waals surface area contributed by atoms with Gasteiger partial charge >= 0.3 is 6.18 Å². The molecule has 2 aliphatic carbocycles. The van der Waals surface area contributed by atoms with Crippen molar-refractivity contribution in [1.82, 2.24) is 29.6 Å². The van der Waals surface area contributed by atoms with E-state index in [0.29, 0.717) is 32.1 Å². The van der Waals surface area contributed by atoms with Crippen molar-refractivity contribution < 1.29 is 21.6 Å². The Balaban J connectivity index is 1.38. The Morgan fingerprint density at radius 3 is 2.61 bits per heavy atom. The number of aromatic amines is 1. The summed E-state index contributed by atoms with van der Waals surface area (Å²) >= 11 is 0. The predicted molar refractivity (Wildman–Crippen MR) is 118 cm³/mol. The topological polar surface area (TPSA) is 105 Å². The molecule has 0 aliphatic heterocycles. The van der Waals surface area contributed by atoms with Gasteiger partial charge in [0.05, 0.1) is 23.5 Å². The van der Waals surface area contributed by atoms with Gasteiger partial charge in [-0.1, -0.05) is 0 Å². The Morgan fingerprint density at radius 1 is 1.15 bits per heavy atom. The molecule has 12 heteroatoms. The smallest absolute Gasteiger partial charge is 0.346 e. The molecule has 0 atom stereocenters. The van der Waals surface area contributed by atoms with Gasteiger partial charge in [-0.05, 0) is 44.6 Å². The van der Waals surface area contributed by atoms with E-state index in [-0.39, 0.29) is 23.9 Å². The number of hydrogen-bond donors (Lipinski definition) is 3. The molecule has 0 unspecified atom stereocenters. The Kier molecular flexibility index (Phi) is 5.86. The monoisotopic (exact) mass is 484 g/mol. The van der Waals surface area contributed by atoms with Crippen LogP contribution in [-0.2, 0) is 16.4 Å². The molecule has 0 amide bonds. The molecule has 3 aromatic rings. The van der Waals surface area contributed by atoms with Gasteiger partial charge < -0.3 is 14.9 Å². The van der Waals surface area contributed by atoms with Crippen LogP contribution in [-0.4, -0.2) is 58.5 Å². The van der Waals surface area contributed by atoms with Crippen LogP contribution in [0.5, 0.6) is 0 Å². The zero-order valence-corrected chi connectivity index (χ0v) is 18.8. The second kappa shape index (κ2) is 8.55. The number of nitrogens with one attached hydrogen (secondary N) is 3. The van der Waals surface area contributed by atoms with E-state index in [1.165, 1.54) is 0 Å². The van der Waals surface area contributed by atoms with E-state index in [1.807, 2.05) is 12.3 Å². The van der Waals surface area contributed by atoms with Crippen LogP contribution in [0, 0.1) is 0 Å². The molecule has 3 heterocycles. The van der Waals surface area contributed by atoms with E-state index in [0.717, 1.165) is 40.7 Å². The largest absolute Gasteiger partial charge is 0.401 e. The van der Waals surface area contributed by atoms with Gasteiger partial charge in [0.25, 0.3) is 0 Å². The Hall–Kier alpha value is -2.18. The first-order valence-electron chi connectivity index (χ1n) is 11.3. The lowest BCUT2D eigenvalue weighted by Crippen LogP contribution is -2.39. The van der Waals surface area contributed by atoms with E-state index >= 15 is 0 Å². The molecule has 8 nitrogen and oxygen atoms in total. The van der Waals surface area contributed by atoms with Crippen molar-refractivity contribution in [2.24, 2.45) is 0 Å². The minimum Gasteiger partial charge on any atom is -0.346 e. The maximum atomic E-state index is 12.6. The van der Waals surface area contributed by atoms with Gasteiger partial charge in [0, 0.05) is 36.6 Å². The number of aromatic nitrogens is 4. The molecular formula is C21H27F3N6O2S. The van der Waals surface area contributed by atoms with Crippen LogP contribution < -0.4 is 10.0 Å². The van der Waals surface area contributed by atoms with Crippen LogP contribution in [0.4, 0.5) is 13.2 Å². The maximum Gasteiger partial charge on any atom is 0.401 e. The summed E-state index contributed by atoms with van der Waals surface area (Å²) in [6.45, 7) is -0.716. The van der Waals surface area contributed by atoms with Crippen LogP contribution >= 0.6 is 0 Å². The lowest BCUT2D eigenvalue weighted by molar-refractivity contribution is -0.126. The number of nitrogens with zero attached hydrogens (tertiary/aromatic N) is 3. The summed E-state index contributed by atoms with van der Waals surface area (Å²) in [7, 11) is -3.28. The summed E-state index contributed by atoms with van der Waals surface area (Å²) in [5, 5.41) is 3.28. The van der Waals surface area contributed by atoms with Crippen LogP contribution in [0.3, 0.4) is 0 Å². The molecule has 0 aromatic carbocycles. The third-order valence-electron chi connectivity index (χ3n) is 6.58. The average Bonchev–Trinajstić information content (AvgIpc) is 3.42. The van der Waals surface area contributed by atoms with Crippen LogP contribution in [0.25, 0.3) is 22.1 Å². The fraction of sp³-hybridized carbons (Fsp3) is 0.619. The van der Waals surface area contributed by atoms with E-state index in [1.54, 1.807) is 6.20 Å². The zero-order valence-electron chi connectivity index (χ0n) is 18.0. The number of H-pyrrole nitrogens is 1. The van der Waals surface area contributed by atoms with E-state index in [2.05, 4.69) is 24.6 Å². The highest BCUT2D eigenvalue weighted by atomic mass is 32.2. The molecule has 2 aliphatic rings. The Bertz CT molecular complexity index is 1240. The van der Waals surface area contributed by atoms with Gasteiger partial charge in [-0.15, -0.1) is 0 Å². The van der Waals surface area contributed by atoms with Crippen molar-refractivity contribution >= 4 is 32.1 Å². The molecule has 0 radical (unpaired) electrons. The van der Waals surface area contributed by atoms with Gasteiger partial charge in [0.2, 0.25) is 10.0 Å². The highest BCUT2D eigenvalue weighted by molar-refractivity contribution is 7.90. The molecular weight excluding hydrogens is 457 g/mol. The number of imidazole rings is 1. The number of fused-ring (bicyclic) bond motifs is 3. The molecule has 0 saturated heterocycles. The SMILES string of the molecule is O=S(=O)(NCCc1nc2cnc3[nH]ccc3c2n1C1CCC(NCC(F)(F)F)CC1)C1CC1. The molecule has 33 heavy (non-hydrogen) atoms. The molecule has 5 rings (SSSR count). The molecule has 2 saturated carbocycles. The molecule has 3 aromatic heterocycles. The first-order chi connectivity index (χ1) is 15.7. The standard InChI is InChI=1S/C21H27F3N6O2S/c22-21(23,24)12-27-13-1-3-14(4-2-13)30-18(8-10-28-33(31,32)15-5-6-15)29-17-11-26-20-16(19(17)30)7-9-25-20/h7,9,11,13-15,27-28H,1-6,8,10,12H2,(H,25,26). The summed E-state index contributed by atoms with van der Waals surface area (Å²) < 4.78 is 67.0. The molecule has 3 N–H and O–H groups in total. The molecule has 180 valence electrons. The first kappa shape index (κ1) is 22.6. The van der Waals surface area contributed by atoms with Gasteiger partial charge in [0.15, 0.2) is 0 Å². The minimum atomic E-state index is -4.22. The maximum absolute atomic E-state index is 12.6. The minimum absolute atomic E-state index is 0.0782. The number of halogens is 3. The lowest BCUT2D eigenvalue weighted by Gasteiger charge is -2.31. The Morgan fingerprint density at radius 2 is 1.91 bits per heavy atom. The fourth-order valence-electron chi connectivity index (χ4n) is 4.81. The van der Waals surface area contributed by atoms with Gasteiger partial charge in [-0.25, -0.2) is 23.1 Å².